The number of aromatic amines is 1. The maximum atomic E-state index is 13.0. The summed E-state index contributed by atoms with van der Waals surface area (Å²) in [6, 6.07) is 6.18. The fourth-order valence-electron chi connectivity index (χ4n) is 2.51. The number of rotatable bonds is 3. The van der Waals surface area contributed by atoms with Crippen molar-refractivity contribution < 1.29 is 9.18 Å². The Kier molecular flexibility index (Phi) is 2.85. The van der Waals surface area contributed by atoms with E-state index in [-0.39, 0.29) is 11.7 Å². The molecule has 1 saturated carbocycles. The van der Waals surface area contributed by atoms with Crippen LogP contribution in [0, 0.1) is 19.7 Å². The maximum absolute atomic E-state index is 13.0. The molecule has 0 bridgehead atoms. The summed E-state index contributed by atoms with van der Waals surface area (Å²) in [5.74, 6) is -0.330. The topological polar surface area (TPSA) is 57.8 Å². The molecular weight excluding hydrogens is 257 g/mol. The molecule has 0 unspecified atom stereocenters. The molecule has 20 heavy (non-hydrogen) atoms. The van der Waals surface area contributed by atoms with Gasteiger partial charge in [0.15, 0.2) is 0 Å². The molecule has 1 aromatic heterocycles. The van der Waals surface area contributed by atoms with Crippen LogP contribution in [0.25, 0.3) is 0 Å². The van der Waals surface area contributed by atoms with Crippen molar-refractivity contribution in [1.29, 1.82) is 0 Å². The van der Waals surface area contributed by atoms with E-state index >= 15 is 0 Å². The van der Waals surface area contributed by atoms with Crippen molar-refractivity contribution in [2.45, 2.75) is 32.1 Å². The molecule has 2 aromatic rings. The zero-order chi connectivity index (χ0) is 14.3. The van der Waals surface area contributed by atoms with Crippen molar-refractivity contribution >= 4 is 11.6 Å². The first-order chi connectivity index (χ1) is 9.53. The minimum absolute atomic E-state index is 0.0447. The van der Waals surface area contributed by atoms with Gasteiger partial charge >= 0.3 is 0 Å². The smallest absolute Gasteiger partial charge is 0.235 e. The normalized spacial score (nSPS) is 15.9. The van der Waals surface area contributed by atoms with Gasteiger partial charge in [-0.2, -0.15) is 5.10 Å². The second kappa shape index (κ2) is 4.44. The molecule has 1 aliphatic rings. The Morgan fingerprint density at radius 2 is 1.95 bits per heavy atom. The summed E-state index contributed by atoms with van der Waals surface area (Å²) in [7, 11) is 0. The van der Waals surface area contributed by atoms with Gasteiger partial charge in [-0.15, -0.1) is 0 Å². The lowest BCUT2D eigenvalue weighted by molar-refractivity contribution is -0.118. The van der Waals surface area contributed by atoms with Gasteiger partial charge in [0.05, 0.1) is 22.5 Å². The minimum Gasteiger partial charge on any atom is -0.322 e. The Bertz CT molecular complexity index is 637. The van der Waals surface area contributed by atoms with Crippen LogP contribution in [0.15, 0.2) is 24.3 Å². The molecule has 3 rings (SSSR count). The van der Waals surface area contributed by atoms with Crippen LogP contribution in [0.2, 0.25) is 0 Å². The van der Waals surface area contributed by atoms with Crippen LogP contribution in [0.3, 0.4) is 0 Å². The van der Waals surface area contributed by atoms with Crippen molar-refractivity contribution in [3.05, 3.63) is 47.0 Å². The number of nitrogens with one attached hydrogen (secondary N) is 2. The monoisotopic (exact) mass is 273 g/mol. The standard InChI is InChI=1S/C15H16FN3O/c1-9-13(10(2)19-18-9)17-14(20)15(7-8-15)11-3-5-12(16)6-4-11/h3-6H,7-8H2,1-2H3,(H,17,20)(H,18,19). The van der Waals surface area contributed by atoms with Crippen molar-refractivity contribution in [2.75, 3.05) is 5.32 Å². The predicted octanol–water partition coefficient (Wildman–Crippen LogP) is 2.84. The number of hydrogen-bond acceptors (Lipinski definition) is 2. The van der Waals surface area contributed by atoms with Gasteiger partial charge in [-0.1, -0.05) is 12.1 Å². The fraction of sp³-hybridized carbons (Fsp3) is 0.333. The van der Waals surface area contributed by atoms with Crippen LogP contribution in [0.1, 0.15) is 29.8 Å². The van der Waals surface area contributed by atoms with Crippen LogP contribution >= 0.6 is 0 Å². The maximum Gasteiger partial charge on any atom is 0.235 e. The summed E-state index contributed by atoms with van der Waals surface area (Å²) in [5, 5.41) is 9.86. The Morgan fingerprint density at radius 3 is 2.45 bits per heavy atom. The molecule has 1 heterocycles. The lowest BCUT2D eigenvalue weighted by atomic mass is 9.95. The SMILES string of the molecule is Cc1n[nH]c(C)c1NC(=O)C1(c2ccc(F)cc2)CC1. The van der Waals surface area contributed by atoms with E-state index in [4.69, 9.17) is 0 Å². The number of carbonyl (C=O) groups is 1. The number of anilines is 1. The number of amides is 1. The lowest BCUT2D eigenvalue weighted by Gasteiger charge is -2.16. The molecule has 2 N–H and O–H groups in total. The lowest BCUT2D eigenvalue weighted by Crippen LogP contribution is -2.28. The summed E-state index contributed by atoms with van der Waals surface area (Å²) in [4.78, 5) is 12.5. The second-order valence-corrected chi connectivity index (χ2v) is 5.35. The van der Waals surface area contributed by atoms with E-state index in [1.807, 2.05) is 13.8 Å². The van der Waals surface area contributed by atoms with E-state index in [2.05, 4.69) is 15.5 Å². The third-order valence-corrected chi connectivity index (χ3v) is 3.95. The van der Waals surface area contributed by atoms with Gasteiger partial charge < -0.3 is 5.32 Å². The first-order valence-corrected chi connectivity index (χ1v) is 6.62. The van der Waals surface area contributed by atoms with Crippen molar-refractivity contribution in [1.82, 2.24) is 10.2 Å². The third-order valence-electron chi connectivity index (χ3n) is 3.95. The highest BCUT2D eigenvalue weighted by Gasteiger charge is 2.51. The van der Waals surface area contributed by atoms with Crippen molar-refractivity contribution in [3.63, 3.8) is 0 Å². The van der Waals surface area contributed by atoms with Gasteiger partial charge in [0, 0.05) is 0 Å². The Morgan fingerprint density at radius 1 is 1.30 bits per heavy atom. The van der Waals surface area contributed by atoms with E-state index in [1.54, 1.807) is 12.1 Å². The molecule has 1 amide bonds. The molecule has 1 aromatic carbocycles. The molecule has 0 radical (unpaired) electrons. The number of aryl methyl sites for hydroxylation is 2. The van der Waals surface area contributed by atoms with E-state index in [9.17, 15) is 9.18 Å². The Balaban J connectivity index is 1.85. The summed E-state index contributed by atoms with van der Waals surface area (Å²) >= 11 is 0. The molecule has 104 valence electrons. The number of benzene rings is 1. The first kappa shape index (κ1) is 12.8. The first-order valence-electron chi connectivity index (χ1n) is 6.62. The molecule has 1 aliphatic carbocycles. The summed E-state index contributed by atoms with van der Waals surface area (Å²) < 4.78 is 13.0. The zero-order valence-corrected chi connectivity index (χ0v) is 11.5. The molecule has 4 nitrogen and oxygen atoms in total. The van der Waals surface area contributed by atoms with Crippen molar-refractivity contribution in [2.24, 2.45) is 0 Å². The van der Waals surface area contributed by atoms with Crippen LogP contribution in [0.4, 0.5) is 10.1 Å². The Hall–Kier alpha value is -2.17. The van der Waals surface area contributed by atoms with Gasteiger partial charge in [-0.3, -0.25) is 9.89 Å². The van der Waals surface area contributed by atoms with Gasteiger partial charge in [-0.25, -0.2) is 4.39 Å². The van der Waals surface area contributed by atoms with Crippen LogP contribution in [0.5, 0.6) is 0 Å². The molecule has 5 heteroatoms. The molecule has 0 spiro atoms. The number of aromatic nitrogens is 2. The number of nitrogens with zero attached hydrogens (tertiary/aromatic N) is 1. The number of H-pyrrole nitrogens is 1. The predicted molar refractivity (Wildman–Crippen MR) is 74.0 cm³/mol. The van der Waals surface area contributed by atoms with Crippen LogP contribution in [-0.2, 0) is 10.2 Å². The van der Waals surface area contributed by atoms with E-state index in [0.29, 0.717) is 0 Å². The molecule has 0 atom stereocenters. The summed E-state index contributed by atoms with van der Waals surface area (Å²) in [6.07, 6.45) is 1.58. The van der Waals surface area contributed by atoms with Gasteiger partial charge in [0.1, 0.15) is 5.82 Å². The Labute approximate surface area is 116 Å². The minimum atomic E-state index is -0.510. The second-order valence-electron chi connectivity index (χ2n) is 5.35. The summed E-state index contributed by atoms with van der Waals surface area (Å²) in [5.41, 5.74) is 2.71. The third kappa shape index (κ3) is 1.99. The van der Waals surface area contributed by atoms with Gasteiger partial charge in [0.25, 0.3) is 0 Å². The van der Waals surface area contributed by atoms with Gasteiger partial charge in [0.2, 0.25) is 5.91 Å². The van der Waals surface area contributed by atoms with Crippen LogP contribution < -0.4 is 5.32 Å². The fourth-order valence-corrected chi connectivity index (χ4v) is 2.51. The molecule has 0 aliphatic heterocycles. The van der Waals surface area contributed by atoms with E-state index in [0.717, 1.165) is 35.5 Å². The highest BCUT2D eigenvalue weighted by Crippen LogP contribution is 2.49. The number of halogens is 1. The van der Waals surface area contributed by atoms with E-state index < -0.39 is 5.41 Å². The molecule has 0 saturated heterocycles. The molecular formula is C15H16FN3O. The van der Waals surface area contributed by atoms with Crippen molar-refractivity contribution in [3.8, 4) is 0 Å². The highest BCUT2D eigenvalue weighted by molar-refractivity contribution is 6.02. The number of carbonyl (C=O) groups excluding carboxylic acids is 1. The quantitative estimate of drug-likeness (QED) is 0.903. The average Bonchev–Trinajstić information content (AvgIpc) is 3.18. The van der Waals surface area contributed by atoms with Crippen LogP contribution in [-0.4, -0.2) is 16.1 Å². The largest absolute Gasteiger partial charge is 0.322 e. The average molecular weight is 273 g/mol. The number of hydrogen-bond donors (Lipinski definition) is 2. The zero-order valence-electron chi connectivity index (χ0n) is 11.5. The highest BCUT2D eigenvalue weighted by atomic mass is 19.1. The molecule has 1 fully saturated rings. The van der Waals surface area contributed by atoms with E-state index in [1.165, 1.54) is 12.1 Å². The summed E-state index contributed by atoms with van der Waals surface area (Å²) in [6.45, 7) is 3.71. The van der Waals surface area contributed by atoms with Gasteiger partial charge in [-0.05, 0) is 44.4 Å².